The number of carbonyl (C=O) groups excluding carboxylic acids is 1. The molecule has 0 aliphatic carbocycles. The highest BCUT2D eigenvalue weighted by atomic mass is 35.5. The molecule has 5 nitrogen and oxygen atoms in total. The Labute approximate surface area is 134 Å². The number of nitrogens with one attached hydrogen (secondary N) is 1. The molecule has 6 heteroatoms. The smallest absolute Gasteiger partial charge is 0.271 e. The minimum absolute atomic E-state index is 0.0480. The molecule has 0 bridgehead atoms. The van der Waals surface area contributed by atoms with Gasteiger partial charge in [0.25, 0.3) is 5.91 Å². The van der Waals surface area contributed by atoms with Gasteiger partial charge in [0, 0.05) is 23.7 Å². The molecule has 1 amide bonds. The molecule has 2 rings (SSSR count). The maximum Gasteiger partial charge on any atom is 0.271 e. The number of nitrogens with zero attached hydrogens (tertiary/aromatic N) is 2. The van der Waals surface area contributed by atoms with Crippen molar-refractivity contribution in [2.45, 2.75) is 19.8 Å². The van der Waals surface area contributed by atoms with Crippen LogP contribution in [0.25, 0.3) is 11.3 Å². The molecule has 0 fully saturated rings. The van der Waals surface area contributed by atoms with Crippen LogP contribution in [0.1, 0.15) is 30.3 Å². The number of benzene rings is 1. The van der Waals surface area contributed by atoms with Crippen molar-refractivity contribution >= 4 is 17.5 Å². The molecule has 2 N–H and O–H groups in total. The van der Waals surface area contributed by atoms with Gasteiger partial charge in [-0.3, -0.25) is 9.89 Å². The third-order valence-corrected chi connectivity index (χ3v) is 3.64. The topological polar surface area (TPSA) is 69.2 Å². The van der Waals surface area contributed by atoms with Crippen molar-refractivity contribution in [3.8, 4) is 11.3 Å². The van der Waals surface area contributed by atoms with Crippen LogP contribution < -0.4 is 0 Å². The van der Waals surface area contributed by atoms with Crippen LogP contribution in [0, 0.1) is 0 Å². The van der Waals surface area contributed by atoms with Gasteiger partial charge in [0.1, 0.15) is 5.69 Å². The standard InChI is InChI=1S/C16H20ClN3O2/c1-2-3-8-20(9-10-21)16(22)15-11-14(18-19-15)12-4-6-13(17)7-5-12/h4-7,11,21H,2-3,8-10H2,1H3,(H,18,19). The number of carbonyl (C=O) groups is 1. The third-order valence-electron chi connectivity index (χ3n) is 3.39. The highest BCUT2D eigenvalue weighted by Crippen LogP contribution is 2.20. The molecule has 0 saturated heterocycles. The molecular weight excluding hydrogens is 302 g/mol. The minimum atomic E-state index is -0.143. The summed E-state index contributed by atoms with van der Waals surface area (Å²) in [5.41, 5.74) is 2.01. The largest absolute Gasteiger partial charge is 0.395 e. The number of hydrogen-bond donors (Lipinski definition) is 2. The summed E-state index contributed by atoms with van der Waals surface area (Å²) in [6.07, 6.45) is 1.90. The number of hydrogen-bond acceptors (Lipinski definition) is 3. The van der Waals surface area contributed by atoms with Gasteiger partial charge in [-0.15, -0.1) is 0 Å². The number of aliphatic hydroxyl groups excluding tert-OH is 1. The summed E-state index contributed by atoms with van der Waals surface area (Å²) in [6, 6.07) is 9.01. The average Bonchev–Trinajstić information content (AvgIpc) is 3.01. The first-order valence-corrected chi connectivity index (χ1v) is 7.75. The number of aliphatic hydroxyl groups is 1. The van der Waals surface area contributed by atoms with Gasteiger partial charge in [-0.05, 0) is 24.6 Å². The van der Waals surface area contributed by atoms with Crippen molar-refractivity contribution in [2.75, 3.05) is 19.7 Å². The Morgan fingerprint density at radius 2 is 2.05 bits per heavy atom. The summed E-state index contributed by atoms with van der Waals surface area (Å²) in [7, 11) is 0. The predicted octanol–water partition coefficient (Wildman–Crippen LogP) is 2.96. The zero-order valence-corrected chi connectivity index (χ0v) is 13.3. The molecule has 0 atom stereocenters. The van der Waals surface area contributed by atoms with Crippen LogP contribution >= 0.6 is 11.6 Å². The van der Waals surface area contributed by atoms with Gasteiger partial charge in [0.2, 0.25) is 0 Å². The first kappa shape index (κ1) is 16.5. The summed E-state index contributed by atoms with van der Waals surface area (Å²) < 4.78 is 0. The zero-order chi connectivity index (χ0) is 15.9. The van der Waals surface area contributed by atoms with E-state index < -0.39 is 0 Å². The Hall–Kier alpha value is -1.85. The van der Waals surface area contributed by atoms with E-state index >= 15 is 0 Å². The first-order chi connectivity index (χ1) is 10.7. The van der Waals surface area contributed by atoms with Crippen molar-refractivity contribution < 1.29 is 9.90 Å². The van der Waals surface area contributed by atoms with E-state index in [1.807, 2.05) is 12.1 Å². The van der Waals surface area contributed by atoms with Gasteiger partial charge in [-0.1, -0.05) is 37.1 Å². The number of halogens is 1. The van der Waals surface area contributed by atoms with Gasteiger partial charge >= 0.3 is 0 Å². The Morgan fingerprint density at radius 3 is 2.68 bits per heavy atom. The van der Waals surface area contributed by atoms with Crippen LogP contribution in [0.15, 0.2) is 30.3 Å². The van der Waals surface area contributed by atoms with E-state index in [9.17, 15) is 4.79 Å². The van der Waals surface area contributed by atoms with E-state index in [4.69, 9.17) is 16.7 Å². The van der Waals surface area contributed by atoms with E-state index in [1.165, 1.54) is 0 Å². The molecule has 2 aromatic rings. The Balaban J connectivity index is 2.14. The Bertz CT molecular complexity index is 610. The molecule has 1 heterocycles. The number of aromatic nitrogens is 2. The quantitative estimate of drug-likeness (QED) is 0.823. The van der Waals surface area contributed by atoms with Crippen LogP contribution in [-0.2, 0) is 0 Å². The fourth-order valence-corrected chi connectivity index (χ4v) is 2.28. The van der Waals surface area contributed by atoms with Gasteiger partial charge in [0.15, 0.2) is 0 Å². The van der Waals surface area contributed by atoms with Crippen molar-refractivity contribution in [1.82, 2.24) is 15.1 Å². The van der Waals surface area contributed by atoms with Crippen molar-refractivity contribution in [3.63, 3.8) is 0 Å². The first-order valence-electron chi connectivity index (χ1n) is 7.37. The summed E-state index contributed by atoms with van der Waals surface area (Å²) in [6.45, 7) is 2.98. The molecule has 0 spiro atoms. The molecule has 0 aliphatic heterocycles. The summed E-state index contributed by atoms with van der Waals surface area (Å²) >= 11 is 5.87. The van der Waals surface area contributed by atoms with E-state index in [1.54, 1.807) is 23.1 Å². The molecule has 0 aliphatic rings. The highest BCUT2D eigenvalue weighted by molar-refractivity contribution is 6.30. The molecular formula is C16H20ClN3O2. The van der Waals surface area contributed by atoms with Gasteiger partial charge in [-0.25, -0.2) is 0 Å². The lowest BCUT2D eigenvalue weighted by Gasteiger charge is -2.20. The normalized spacial score (nSPS) is 10.7. The second kappa shape index (κ2) is 7.96. The van der Waals surface area contributed by atoms with E-state index in [0.29, 0.717) is 29.5 Å². The fourth-order valence-electron chi connectivity index (χ4n) is 2.15. The number of unbranched alkanes of at least 4 members (excludes halogenated alkanes) is 1. The van der Waals surface area contributed by atoms with Crippen LogP contribution in [-0.4, -0.2) is 45.8 Å². The van der Waals surface area contributed by atoms with Crippen LogP contribution in [0.2, 0.25) is 5.02 Å². The SMILES string of the molecule is CCCCN(CCO)C(=O)c1cc(-c2ccc(Cl)cc2)n[nH]1. The maximum atomic E-state index is 12.5. The molecule has 0 saturated carbocycles. The summed E-state index contributed by atoms with van der Waals surface area (Å²) in [5.74, 6) is -0.143. The van der Waals surface area contributed by atoms with Crippen molar-refractivity contribution in [3.05, 3.63) is 41.0 Å². The lowest BCUT2D eigenvalue weighted by molar-refractivity contribution is 0.0713. The van der Waals surface area contributed by atoms with Crippen molar-refractivity contribution in [1.29, 1.82) is 0 Å². The summed E-state index contributed by atoms with van der Waals surface area (Å²) in [5, 5.41) is 16.7. The summed E-state index contributed by atoms with van der Waals surface area (Å²) in [4.78, 5) is 14.1. The predicted molar refractivity (Wildman–Crippen MR) is 86.9 cm³/mol. The van der Waals surface area contributed by atoms with Crippen LogP contribution in [0.5, 0.6) is 0 Å². The van der Waals surface area contributed by atoms with Gasteiger partial charge < -0.3 is 10.0 Å². The van der Waals surface area contributed by atoms with E-state index in [0.717, 1.165) is 18.4 Å². The Morgan fingerprint density at radius 1 is 1.32 bits per heavy atom. The monoisotopic (exact) mass is 321 g/mol. The van der Waals surface area contributed by atoms with Crippen molar-refractivity contribution in [2.24, 2.45) is 0 Å². The molecule has 118 valence electrons. The second-order valence-corrected chi connectivity index (χ2v) is 5.48. The lowest BCUT2D eigenvalue weighted by Crippen LogP contribution is -2.34. The third kappa shape index (κ3) is 4.08. The maximum absolute atomic E-state index is 12.5. The molecule has 0 radical (unpaired) electrons. The van der Waals surface area contributed by atoms with Crippen LogP contribution in [0.4, 0.5) is 0 Å². The van der Waals surface area contributed by atoms with E-state index in [-0.39, 0.29) is 12.5 Å². The Kier molecular flexibility index (Phi) is 5.98. The molecule has 22 heavy (non-hydrogen) atoms. The number of rotatable bonds is 7. The highest BCUT2D eigenvalue weighted by Gasteiger charge is 2.17. The second-order valence-electron chi connectivity index (χ2n) is 5.04. The molecule has 1 aromatic heterocycles. The number of aromatic amines is 1. The van der Waals surface area contributed by atoms with Gasteiger partial charge in [-0.2, -0.15) is 5.10 Å². The van der Waals surface area contributed by atoms with E-state index in [2.05, 4.69) is 17.1 Å². The number of H-pyrrole nitrogens is 1. The fraction of sp³-hybridized carbons (Fsp3) is 0.375. The van der Waals surface area contributed by atoms with Gasteiger partial charge in [0.05, 0.1) is 12.3 Å². The zero-order valence-electron chi connectivity index (χ0n) is 12.6. The minimum Gasteiger partial charge on any atom is -0.395 e. The molecule has 1 aromatic carbocycles. The molecule has 0 unspecified atom stereocenters. The van der Waals surface area contributed by atoms with Crippen LogP contribution in [0.3, 0.4) is 0 Å². The number of amides is 1. The average molecular weight is 322 g/mol. The lowest BCUT2D eigenvalue weighted by atomic mass is 10.1.